The third-order valence-electron chi connectivity index (χ3n) is 2.08. The van der Waals surface area contributed by atoms with Crippen molar-refractivity contribution in [1.29, 1.82) is 0 Å². The van der Waals surface area contributed by atoms with Gasteiger partial charge in [-0.05, 0) is 37.1 Å². The number of alkyl halides is 2. The topological polar surface area (TPSA) is 37.3 Å². The third-order valence-corrected chi connectivity index (χ3v) is 2.54. The molecule has 0 saturated heterocycles. The minimum Gasteiger partial charge on any atom is -0.477 e. The first-order valence-corrected chi connectivity index (χ1v) is 4.94. The van der Waals surface area contributed by atoms with Crippen LogP contribution in [-0.2, 0) is 10.7 Å². The van der Waals surface area contributed by atoms with Gasteiger partial charge in [0.15, 0.2) is 0 Å². The van der Waals surface area contributed by atoms with Gasteiger partial charge < -0.3 is 5.11 Å². The average Bonchev–Trinajstić information content (AvgIpc) is 2.00. The molecule has 0 saturated carbocycles. The van der Waals surface area contributed by atoms with Crippen molar-refractivity contribution >= 4 is 21.9 Å². The van der Waals surface area contributed by atoms with Crippen LogP contribution in [0.15, 0.2) is 16.6 Å². The summed E-state index contributed by atoms with van der Waals surface area (Å²) < 4.78 is 27.3. The number of aryl methyl sites for hydroxylation is 2. The summed E-state index contributed by atoms with van der Waals surface area (Å²) in [5, 5.41) is 8.45. The average molecular weight is 279 g/mol. The smallest absolute Gasteiger partial charge is 0.379 e. The molecule has 82 valence electrons. The van der Waals surface area contributed by atoms with Crippen molar-refractivity contribution in [3.8, 4) is 0 Å². The van der Waals surface area contributed by atoms with Gasteiger partial charge in [-0.15, -0.1) is 0 Å². The van der Waals surface area contributed by atoms with Gasteiger partial charge in [-0.1, -0.05) is 15.9 Å². The van der Waals surface area contributed by atoms with E-state index in [1.54, 1.807) is 0 Å². The summed E-state index contributed by atoms with van der Waals surface area (Å²) in [5.41, 5.74) is 0.0850. The molecule has 0 aliphatic carbocycles. The molecule has 1 aromatic rings. The fourth-order valence-electron chi connectivity index (χ4n) is 1.51. The fourth-order valence-corrected chi connectivity index (χ4v) is 2.20. The predicted octanol–water partition coefficient (Wildman–Crippen LogP) is 3.24. The summed E-state index contributed by atoms with van der Waals surface area (Å²) in [7, 11) is 0. The van der Waals surface area contributed by atoms with E-state index in [2.05, 4.69) is 15.9 Å². The maximum atomic E-state index is 13.3. The minimum atomic E-state index is -3.84. The summed E-state index contributed by atoms with van der Waals surface area (Å²) in [5.74, 6) is -5.97. The molecule has 0 spiro atoms. The lowest BCUT2D eigenvalue weighted by atomic mass is 9.97. The van der Waals surface area contributed by atoms with Crippen LogP contribution in [0.3, 0.4) is 0 Å². The Kier molecular flexibility index (Phi) is 3.13. The van der Waals surface area contributed by atoms with Crippen LogP contribution in [0.5, 0.6) is 0 Å². The highest BCUT2D eigenvalue weighted by atomic mass is 79.9. The first-order valence-electron chi connectivity index (χ1n) is 4.15. The molecule has 0 aliphatic heterocycles. The Labute approximate surface area is 94.0 Å². The number of hydrogen-bond donors (Lipinski definition) is 1. The van der Waals surface area contributed by atoms with Crippen LogP contribution in [0.25, 0.3) is 0 Å². The molecule has 2 nitrogen and oxygen atoms in total. The molecule has 0 radical (unpaired) electrons. The lowest BCUT2D eigenvalue weighted by molar-refractivity contribution is -0.166. The second-order valence-corrected chi connectivity index (χ2v) is 4.21. The second kappa shape index (κ2) is 3.89. The molecule has 0 unspecified atom stereocenters. The van der Waals surface area contributed by atoms with E-state index in [1.807, 2.05) is 0 Å². The van der Waals surface area contributed by atoms with Crippen molar-refractivity contribution in [2.45, 2.75) is 19.8 Å². The van der Waals surface area contributed by atoms with E-state index in [1.165, 1.54) is 26.0 Å². The van der Waals surface area contributed by atoms with Crippen LogP contribution in [0.1, 0.15) is 16.7 Å². The molecular formula is C10H9BrF2O2. The Hall–Kier alpha value is -0.970. The van der Waals surface area contributed by atoms with Gasteiger partial charge >= 0.3 is 11.9 Å². The van der Waals surface area contributed by atoms with E-state index in [9.17, 15) is 13.6 Å². The highest BCUT2D eigenvalue weighted by molar-refractivity contribution is 9.10. The number of aliphatic carboxylic acids is 1. The third kappa shape index (κ3) is 2.17. The number of carbonyl (C=O) groups is 1. The van der Waals surface area contributed by atoms with Crippen LogP contribution in [0.2, 0.25) is 0 Å². The SMILES string of the molecule is Cc1cc(Br)cc(C)c1C(F)(F)C(=O)O. The van der Waals surface area contributed by atoms with E-state index < -0.39 is 17.5 Å². The van der Waals surface area contributed by atoms with Gasteiger partial charge in [-0.3, -0.25) is 0 Å². The van der Waals surface area contributed by atoms with Crippen molar-refractivity contribution in [3.63, 3.8) is 0 Å². The summed E-state index contributed by atoms with van der Waals surface area (Å²) >= 11 is 3.16. The van der Waals surface area contributed by atoms with Gasteiger partial charge in [0.05, 0.1) is 0 Å². The molecule has 1 rings (SSSR count). The number of carboxylic acids is 1. The lowest BCUT2D eigenvalue weighted by Gasteiger charge is -2.17. The number of hydrogen-bond acceptors (Lipinski definition) is 1. The molecule has 0 amide bonds. The quantitative estimate of drug-likeness (QED) is 0.902. The van der Waals surface area contributed by atoms with Crippen LogP contribution >= 0.6 is 15.9 Å². The van der Waals surface area contributed by atoms with Crippen molar-refractivity contribution in [1.82, 2.24) is 0 Å². The molecular weight excluding hydrogens is 270 g/mol. The Bertz CT molecular complexity index is 393. The summed E-state index contributed by atoms with van der Waals surface area (Å²) in [6.07, 6.45) is 0. The maximum Gasteiger partial charge on any atom is 0.379 e. The first-order chi connectivity index (χ1) is 6.76. The summed E-state index contributed by atoms with van der Waals surface area (Å²) in [6.45, 7) is 2.92. The Morgan fingerprint density at radius 2 is 1.73 bits per heavy atom. The van der Waals surface area contributed by atoms with Gasteiger partial charge in [0.25, 0.3) is 0 Å². The Morgan fingerprint density at radius 1 is 1.33 bits per heavy atom. The van der Waals surface area contributed by atoms with E-state index in [0.29, 0.717) is 4.47 Å². The number of benzene rings is 1. The van der Waals surface area contributed by atoms with Gasteiger partial charge in [0, 0.05) is 10.0 Å². The van der Waals surface area contributed by atoms with Gasteiger partial charge in [-0.2, -0.15) is 8.78 Å². The molecule has 0 aromatic heterocycles. The molecule has 0 bridgehead atoms. The highest BCUT2D eigenvalue weighted by Gasteiger charge is 2.43. The zero-order valence-electron chi connectivity index (χ0n) is 8.14. The largest absolute Gasteiger partial charge is 0.477 e. The van der Waals surface area contributed by atoms with E-state index in [-0.39, 0.29) is 11.1 Å². The zero-order chi connectivity index (χ0) is 11.8. The molecule has 0 fully saturated rings. The van der Waals surface area contributed by atoms with Crippen molar-refractivity contribution < 1.29 is 18.7 Å². The van der Waals surface area contributed by atoms with Gasteiger partial charge in [-0.25, -0.2) is 4.79 Å². The monoisotopic (exact) mass is 278 g/mol. The molecule has 0 aliphatic rings. The molecule has 15 heavy (non-hydrogen) atoms. The summed E-state index contributed by atoms with van der Waals surface area (Å²) in [6, 6.07) is 2.94. The number of halogens is 3. The highest BCUT2D eigenvalue weighted by Crippen LogP contribution is 2.34. The van der Waals surface area contributed by atoms with Crippen molar-refractivity contribution in [2.24, 2.45) is 0 Å². The van der Waals surface area contributed by atoms with E-state index in [4.69, 9.17) is 5.11 Å². The first kappa shape index (κ1) is 12.1. The van der Waals surface area contributed by atoms with Crippen LogP contribution in [0, 0.1) is 13.8 Å². The molecule has 5 heteroatoms. The van der Waals surface area contributed by atoms with Crippen molar-refractivity contribution in [3.05, 3.63) is 33.3 Å². The molecule has 1 aromatic carbocycles. The molecule has 0 atom stereocenters. The standard InChI is InChI=1S/C10H9BrF2O2/c1-5-3-7(11)4-6(2)8(5)10(12,13)9(14)15/h3-4H,1-2H3,(H,14,15). The van der Waals surface area contributed by atoms with E-state index in [0.717, 1.165) is 0 Å². The molecule has 1 N–H and O–H groups in total. The fraction of sp³-hybridized carbons (Fsp3) is 0.300. The normalized spacial score (nSPS) is 11.5. The molecule has 0 heterocycles. The van der Waals surface area contributed by atoms with Gasteiger partial charge in [0.2, 0.25) is 0 Å². The number of carboxylic acid groups (broad SMARTS) is 1. The van der Waals surface area contributed by atoms with Crippen molar-refractivity contribution in [2.75, 3.05) is 0 Å². The minimum absolute atomic E-state index is 0.259. The van der Waals surface area contributed by atoms with Crippen LogP contribution in [-0.4, -0.2) is 11.1 Å². The number of rotatable bonds is 2. The second-order valence-electron chi connectivity index (χ2n) is 3.29. The lowest BCUT2D eigenvalue weighted by Crippen LogP contribution is -2.27. The Morgan fingerprint density at radius 3 is 2.07 bits per heavy atom. The maximum absolute atomic E-state index is 13.3. The zero-order valence-corrected chi connectivity index (χ0v) is 9.73. The van der Waals surface area contributed by atoms with Crippen LogP contribution in [0.4, 0.5) is 8.78 Å². The van der Waals surface area contributed by atoms with E-state index >= 15 is 0 Å². The van der Waals surface area contributed by atoms with Crippen LogP contribution < -0.4 is 0 Å². The predicted molar refractivity (Wildman–Crippen MR) is 55.1 cm³/mol. The van der Waals surface area contributed by atoms with Gasteiger partial charge in [0.1, 0.15) is 0 Å². The summed E-state index contributed by atoms with van der Waals surface area (Å²) in [4.78, 5) is 10.4. The Balaban J connectivity index is 3.44.